The van der Waals surface area contributed by atoms with Crippen LogP contribution in [0.15, 0.2) is 37.4 Å². The van der Waals surface area contributed by atoms with E-state index in [0.29, 0.717) is 16.3 Å². The SMILES string of the molecule is COC(=O)c1c(N=Cc2c(O)n(Cc3ccco3)c(=O)[nH]c2=O)sc2c1CCCC2. The summed E-state index contributed by atoms with van der Waals surface area (Å²) in [5, 5.41) is 10.9. The van der Waals surface area contributed by atoms with Crippen LogP contribution in [0.25, 0.3) is 0 Å². The number of H-pyrrole nitrogens is 1. The topological polar surface area (TPSA) is 127 Å². The van der Waals surface area contributed by atoms with Gasteiger partial charge >= 0.3 is 11.7 Å². The number of rotatable bonds is 5. The lowest BCUT2D eigenvalue weighted by Crippen LogP contribution is -2.32. The van der Waals surface area contributed by atoms with Crippen molar-refractivity contribution in [2.75, 3.05) is 7.11 Å². The van der Waals surface area contributed by atoms with Gasteiger partial charge < -0.3 is 14.3 Å². The first kappa shape index (κ1) is 19.9. The number of furan rings is 1. The van der Waals surface area contributed by atoms with Gasteiger partial charge in [0.05, 0.1) is 25.5 Å². The highest BCUT2D eigenvalue weighted by Crippen LogP contribution is 2.40. The van der Waals surface area contributed by atoms with Gasteiger partial charge in [0.15, 0.2) is 0 Å². The van der Waals surface area contributed by atoms with Gasteiger partial charge in [0.1, 0.15) is 16.3 Å². The summed E-state index contributed by atoms with van der Waals surface area (Å²) in [6.45, 7) is -0.0595. The average Bonchev–Trinajstić information content (AvgIpc) is 3.37. The van der Waals surface area contributed by atoms with Gasteiger partial charge in [0.2, 0.25) is 5.88 Å². The third-order valence-corrected chi connectivity index (χ3v) is 6.15. The molecule has 1 aliphatic carbocycles. The Morgan fingerprint density at radius 2 is 2.20 bits per heavy atom. The van der Waals surface area contributed by atoms with Crippen LogP contribution < -0.4 is 11.2 Å². The number of methoxy groups -OCH3 is 1. The minimum absolute atomic E-state index is 0.0595. The smallest absolute Gasteiger partial charge is 0.341 e. The Bertz CT molecular complexity index is 1230. The summed E-state index contributed by atoms with van der Waals surface area (Å²) in [4.78, 5) is 44.3. The van der Waals surface area contributed by atoms with E-state index < -0.39 is 23.1 Å². The number of aliphatic imine (C=N–C) groups is 1. The number of carbonyl (C=O) groups excluding carboxylic acids is 1. The van der Waals surface area contributed by atoms with Crippen LogP contribution in [0.1, 0.15) is 45.0 Å². The predicted molar refractivity (Wildman–Crippen MR) is 110 cm³/mol. The zero-order valence-corrected chi connectivity index (χ0v) is 17.0. The third kappa shape index (κ3) is 3.61. The van der Waals surface area contributed by atoms with E-state index in [2.05, 4.69) is 9.98 Å². The Labute approximate surface area is 174 Å². The van der Waals surface area contributed by atoms with Crippen LogP contribution in [0.2, 0.25) is 0 Å². The molecule has 9 nitrogen and oxygen atoms in total. The minimum atomic E-state index is -0.780. The first-order valence-corrected chi connectivity index (χ1v) is 10.2. The number of aryl methyl sites for hydroxylation is 1. The highest BCUT2D eigenvalue weighted by Gasteiger charge is 2.26. The lowest BCUT2D eigenvalue weighted by atomic mass is 9.95. The van der Waals surface area contributed by atoms with Gasteiger partial charge in [-0.25, -0.2) is 14.6 Å². The number of aromatic hydroxyl groups is 1. The van der Waals surface area contributed by atoms with Crippen LogP contribution in [0, 0.1) is 0 Å². The van der Waals surface area contributed by atoms with Crippen molar-refractivity contribution in [1.29, 1.82) is 0 Å². The van der Waals surface area contributed by atoms with Crippen molar-refractivity contribution >= 4 is 28.5 Å². The number of aromatic nitrogens is 2. The number of esters is 1. The molecule has 10 heteroatoms. The second kappa shape index (κ2) is 8.15. The maximum atomic E-state index is 12.3. The van der Waals surface area contributed by atoms with E-state index in [0.717, 1.165) is 46.9 Å². The molecular weight excluding hydrogens is 410 g/mol. The largest absolute Gasteiger partial charge is 0.494 e. The quantitative estimate of drug-likeness (QED) is 0.474. The Balaban J connectivity index is 1.76. The molecule has 0 unspecified atom stereocenters. The van der Waals surface area contributed by atoms with E-state index in [9.17, 15) is 19.5 Å². The zero-order chi connectivity index (χ0) is 21.3. The fourth-order valence-corrected chi connectivity index (χ4v) is 4.70. The van der Waals surface area contributed by atoms with Crippen molar-refractivity contribution in [2.45, 2.75) is 32.2 Å². The Morgan fingerprint density at radius 3 is 2.93 bits per heavy atom. The van der Waals surface area contributed by atoms with Crippen molar-refractivity contribution in [1.82, 2.24) is 9.55 Å². The molecule has 0 fully saturated rings. The number of ether oxygens (including phenoxy) is 1. The Hall–Kier alpha value is -3.40. The van der Waals surface area contributed by atoms with Crippen LogP contribution in [-0.2, 0) is 24.1 Å². The van der Waals surface area contributed by atoms with Gasteiger partial charge in [-0.05, 0) is 43.4 Å². The number of hydrogen-bond acceptors (Lipinski definition) is 8. The van der Waals surface area contributed by atoms with Crippen molar-refractivity contribution < 1.29 is 19.1 Å². The maximum absolute atomic E-state index is 12.3. The van der Waals surface area contributed by atoms with Crippen molar-refractivity contribution in [3.8, 4) is 5.88 Å². The molecule has 30 heavy (non-hydrogen) atoms. The number of nitrogens with one attached hydrogen (secondary N) is 1. The molecule has 0 radical (unpaired) electrons. The summed E-state index contributed by atoms with van der Waals surface area (Å²) in [7, 11) is 1.31. The first-order valence-electron chi connectivity index (χ1n) is 9.35. The van der Waals surface area contributed by atoms with E-state index in [-0.39, 0.29) is 12.1 Å². The molecule has 0 bridgehead atoms. The molecule has 0 spiro atoms. The molecular formula is C20H19N3O6S. The van der Waals surface area contributed by atoms with Gasteiger partial charge in [0.25, 0.3) is 5.56 Å². The summed E-state index contributed by atoms with van der Waals surface area (Å²) in [5.74, 6) is -0.589. The second-order valence-electron chi connectivity index (χ2n) is 6.80. The molecule has 4 rings (SSSR count). The van der Waals surface area contributed by atoms with Crippen LogP contribution >= 0.6 is 11.3 Å². The van der Waals surface area contributed by atoms with Crippen molar-refractivity contribution in [2.24, 2.45) is 4.99 Å². The molecule has 3 aromatic rings. The molecule has 1 aliphatic rings. The summed E-state index contributed by atoms with van der Waals surface area (Å²) in [6, 6.07) is 3.29. The maximum Gasteiger partial charge on any atom is 0.341 e. The highest BCUT2D eigenvalue weighted by molar-refractivity contribution is 7.16. The van der Waals surface area contributed by atoms with E-state index in [1.165, 1.54) is 24.7 Å². The summed E-state index contributed by atoms with van der Waals surface area (Å²) < 4.78 is 11.1. The van der Waals surface area contributed by atoms with Crippen molar-refractivity contribution in [3.63, 3.8) is 0 Å². The van der Waals surface area contributed by atoms with Gasteiger partial charge in [-0.15, -0.1) is 11.3 Å². The van der Waals surface area contributed by atoms with Gasteiger partial charge in [-0.2, -0.15) is 0 Å². The fourth-order valence-electron chi connectivity index (χ4n) is 3.47. The van der Waals surface area contributed by atoms with Crippen molar-refractivity contribution in [3.05, 3.63) is 66.6 Å². The molecule has 2 N–H and O–H groups in total. The van der Waals surface area contributed by atoms with Gasteiger partial charge in [-0.3, -0.25) is 14.3 Å². The summed E-state index contributed by atoms with van der Waals surface area (Å²) in [5.41, 5.74) is -0.409. The van der Waals surface area contributed by atoms with Crippen LogP contribution in [0.4, 0.5) is 5.00 Å². The zero-order valence-electron chi connectivity index (χ0n) is 16.1. The van der Waals surface area contributed by atoms with Crippen LogP contribution in [-0.4, -0.2) is 34.0 Å². The van der Waals surface area contributed by atoms with Crippen LogP contribution in [0.5, 0.6) is 5.88 Å². The molecule has 0 saturated carbocycles. The molecule has 0 amide bonds. The number of aromatic amines is 1. The normalized spacial score (nSPS) is 13.5. The Kier molecular flexibility index (Phi) is 5.40. The Morgan fingerprint density at radius 1 is 1.40 bits per heavy atom. The van der Waals surface area contributed by atoms with Gasteiger partial charge in [0, 0.05) is 11.1 Å². The van der Waals surface area contributed by atoms with Crippen LogP contribution in [0.3, 0.4) is 0 Å². The highest BCUT2D eigenvalue weighted by atomic mass is 32.1. The molecule has 156 valence electrons. The lowest BCUT2D eigenvalue weighted by Gasteiger charge is -2.11. The average molecular weight is 429 g/mol. The van der Waals surface area contributed by atoms with Gasteiger partial charge in [-0.1, -0.05) is 0 Å². The molecule has 0 saturated heterocycles. The third-order valence-electron chi connectivity index (χ3n) is 4.95. The number of hydrogen-bond donors (Lipinski definition) is 2. The van der Waals surface area contributed by atoms with E-state index >= 15 is 0 Å². The molecule has 0 atom stereocenters. The molecule has 3 heterocycles. The predicted octanol–water partition coefficient (Wildman–Crippen LogP) is 2.36. The lowest BCUT2D eigenvalue weighted by molar-refractivity contribution is 0.0601. The fraction of sp³-hybridized carbons (Fsp3) is 0.300. The van der Waals surface area contributed by atoms with E-state index in [1.54, 1.807) is 12.1 Å². The molecule has 3 aromatic heterocycles. The van der Waals surface area contributed by atoms with E-state index in [4.69, 9.17) is 9.15 Å². The number of carbonyl (C=O) groups is 1. The second-order valence-corrected chi connectivity index (χ2v) is 7.89. The summed E-state index contributed by atoms with van der Waals surface area (Å²) in [6.07, 6.45) is 6.25. The number of thiophene rings is 1. The number of nitrogens with zero attached hydrogens (tertiary/aromatic N) is 2. The standard InChI is InChI=1S/C20H19N3O6S/c1-28-19(26)15-12-6-2-3-7-14(12)30-17(15)21-9-13-16(24)22-20(27)23(18(13)25)10-11-5-4-8-29-11/h4-5,8-9,25H,2-3,6-7,10H2,1H3,(H,22,24,27). The first-order chi connectivity index (χ1) is 14.5. The monoisotopic (exact) mass is 429 g/mol. The minimum Gasteiger partial charge on any atom is -0.494 e. The summed E-state index contributed by atoms with van der Waals surface area (Å²) >= 11 is 1.37. The molecule has 0 aromatic carbocycles. The number of fused-ring (bicyclic) bond motifs is 1. The van der Waals surface area contributed by atoms with E-state index in [1.807, 2.05) is 0 Å². The molecule has 0 aliphatic heterocycles.